The number of nitrogens with one attached hydrogen (secondary N) is 2. The molecule has 0 spiro atoms. The SMILES string of the molecule is CCC1C(C2=CCNCC2)=C2NN=C3C=Cc4cc(F)cc(c43)C2=CN1C. The van der Waals surface area contributed by atoms with E-state index in [0.29, 0.717) is 0 Å². The zero-order valence-corrected chi connectivity index (χ0v) is 15.6. The minimum absolute atomic E-state index is 0.209. The molecule has 0 saturated carbocycles. The molecule has 1 aliphatic carbocycles. The molecule has 0 aromatic heterocycles. The molecule has 3 heterocycles. The number of hydrazone groups is 1. The Labute approximate surface area is 158 Å². The predicted molar refractivity (Wildman–Crippen MR) is 108 cm³/mol. The second kappa shape index (κ2) is 6.20. The van der Waals surface area contributed by atoms with Crippen LogP contribution in [0.5, 0.6) is 0 Å². The number of fused-ring (bicyclic) bond motifs is 2. The third kappa shape index (κ3) is 2.49. The first-order chi connectivity index (χ1) is 13.2. The smallest absolute Gasteiger partial charge is 0.124 e. The maximum atomic E-state index is 14.4. The lowest BCUT2D eigenvalue weighted by Gasteiger charge is -2.37. The molecule has 0 fully saturated rings. The highest BCUT2D eigenvalue weighted by Gasteiger charge is 2.34. The Balaban J connectivity index is 1.78. The molecule has 5 rings (SSSR count). The highest BCUT2D eigenvalue weighted by molar-refractivity contribution is 6.20. The van der Waals surface area contributed by atoms with Crippen molar-refractivity contribution < 1.29 is 4.39 Å². The molecular weight excluding hydrogens is 339 g/mol. The van der Waals surface area contributed by atoms with E-state index in [2.05, 4.69) is 47.0 Å². The number of benzene rings is 1. The summed E-state index contributed by atoms with van der Waals surface area (Å²) in [5, 5.41) is 8.08. The molecule has 4 nitrogen and oxygen atoms in total. The Morgan fingerprint density at radius 1 is 1.30 bits per heavy atom. The van der Waals surface area contributed by atoms with Gasteiger partial charge in [0.15, 0.2) is 0 Å². The lowest BCUT2D eigenvalue weighted by atomic mass is 9.83. The maximum Gasteiger partial charge on any atom is 0.124 e. The molecule has 4 aliphatic rings. The van der Waals surface area contributed by atoms with Crippen LogP contribution in [0.15, 0.2) is 52.4 Å². The number of hydrogen-bond donors (Lipinski definition) is 2. The molecular formula is C22H23FN4. The van der Waals surface area contributed by atoms with Gasteiger partial charge >= 0.3 is 0 Å². The second-order valence-electron chi connectivity index (χ2n) is 7.46. The number of likely N-dealkylation sites (N-methyl/N-ethyl adjacent to an activating group) is 1. The van der Waals surface area contributed by atoms with Gasteiger partial charge in [0.1, 0.15) is 5.82 Å². The van der Waals surface area contributed by atoms with Crippen LogP contribution < -0.4 is 10.7 Å². The van der Waals surface area contributed by atoms with Gasteiger partial charge in [-0.15, -0.1) is 0 Å². The van der Waals surface area contributed by atoms with Crippen LogP contribution in [0.3, 0.4) is 0 Å². The van der Waals surface area contributed by atoms with E-state index in [1.54, 1.807) is 12.1 Å². The summed E-state index contributed by atoms with van der Waals surface area (Å²) >= 11 is 0. The Hall–Kier alpha value is -2.66. The Kier molecular flexibility index (Phi) is 3.79. The summed E-state index contributed by atoms with van der Waals surface area (Å²) in [5.74, 6) is -0.209. The fourth-order valence-electron chi connectivity index (χ4n) is 4.65. The van der Waals surface area contributed by atoms with Crippen LogP contribution in [0.1, 0.15) is 36.5 Å². The molecule has 138 valence electrons. The Morgan fingerprint density at radius 3 is 2.96 bits per heavy atom. The second-order valence-corrected chi connectivity index (χ2v) is 7.46. The molecule has 1 aromatic rings. The van der Waals surface area contributed by atoms with Crippen molar-refractivity contribution in [1.29, 1.82) is 0 Å². The van der Waals surface area contributed by atoms with Crippen LogP contribution in [-0.2, 0) is 0 Å². The number of halogens is 1. The number of nitrogens with zero attached hydrogens (tertiary/aromatic N) is 2. The van der Waals surface area contributed by atoms with Crippen molar-refractivity contribution in [3.63, 3.8) is 0 Å². The molecule has 1 aromatic carbocycles. The fourth-order valence-corrected chi connectivity index (χ4v) is 4.65. The largest absolute Gasteiger partial charge is 0.373 e. The van der Waals surface area contributed by atoms with Gasteiger partial charge in [-0.3, -0.25) is 5.43 Å². The van der Waals surface area contributed by atoms with Gasteiger partial charge in [-0.25, -0.2) is 4.39 Å². The quantitative estimate of drug-likeness (QED) is 0.847. The van der Waals surface area contributed by atoms with Gasteiger partial charge in [-0.2, -0.15) is 5.10 Å². The van der Waals surface area contributed by atoms with Crippen LogP contribution in [0.2, 0.25) is 0 Å². The first-order valence-corrected chi connectivity index (χ1v) is 9.62. The lowest BCUT2D eigenvalue weighted by Crippen LogP contribution is -2.37. The van der Waals surface area contributed by atoms with Gasteiger partial charge in [-0.05, 0) is 54.3 Å². The summed E-state index contributed by atoms with van der Waals surface area (Å²) in [4.78, 5) is 2.27. The third-order valence-electron chi connectivity index (χ3n) is 5.88. The topological polar surface area (TPSA) is 39.7 Å². The standard InChI is InChI=1S/C22H23FN4/c1-3-19-21(13-6-8-24-9-7-13)22-17(12-27(19)2)16-11-15(23)10-14-4-5-18(20(14)16)25-26-22/h4-6,10-12,19,24,26H,3,7-9H2,1-2H3. The van der Waals surface area contributed by atoms with Gasteiger partial charge in [0.2, 0.25) is 0 Å². The van der Waals surface area contributed by atoms with Gasteiger partial charge in [-0.1, -0.05) is 19.1 Å². The van der Waals surface area contributed by atoms with E-state index in [4.69, 9.17) is 0 Å². The Bertz CT molecular complexity index is 980. The van der Waals surface area contributed by atoms with E-state index >= 15 is 0 Å². The van der Waals surface area contributed by atoms with Crippen molar-refractivity contribution in [2.45, 2.75) is 25.8 Å². The van der Waals surface area contributed by atoms with Crippen molar-refractivity contribution >= 4 is 17.4 Å². The normalized spacial score (nSPS) is 23.1. The molecule has 0 amide bonds. The van der Waals surface area contributed by atoms with Gasteiger partial charge < -0.3 is 10.2 Å². The van der Waals surface area contributed by atoms with Crippen LogP contribution >= 0.6 is 0 Å². The number of rotatable bonds is 2. The average molecular weight is 362 g/mol. The van der Waals surface area contributed by atoms with Crippen LogP contribution in [0.4, 0.5) is 4.39 Å². The molecule has 0 bridgehead atoms. The van der Waals surface area contributed by atoms with Gasteiger partial charge in [0, 0.05) is 36.5 Å². The summed E-state index contributed by atoms with van der Waals surface area (Å²) in [6.45, 7) is 4.08. The zero-order chi connectivity index (χ0) is 18.5. The molecule has 27 heavy (non-hydrogen) atoms. The third-order valence-corrected chi connectivity index (χ3v) is 5.88. The molecule has 1 unspecified atom stereocenters. The fraction of sp³-hybridized carbons (Fsp3) is 0.318. The molecule has 0 saturated heterocycles. The first kappa shape index (κ1) is 16.5. The molecule has 1 atom stereocenters. The first-order valence-electron chi connectivity index (χ1n) is 9.62. The highest BCUT2D eigenvalue weighted by Crippen LogP contribution is 2.41. The highest BCUT2D eigenvalue weighted by atomic mass is 19.1. The zero-order valence-electron chi connectivity index (χ0n) is 15.6. The van der Waals surface area contributed by atoms with Crippen LogP contribution in [-0.4, -0.2) is 36.8 Å². The van der Waals surface area contributed by atoms with Crippen molar-refractivity contribution in [1.82, 2.24) is 15.6 Å². The molecule has 2 N–H and O–H groups in total. The van der Waals surface area contributed by atoms with Gasteiger partial charge in [0.05, 0.1) is 17.5 Å². The number of allylic oxidation sites excluding steroid dienone is 2. The van der Waals surface area contributed by atoms with Gasteiger partial charge in [0.25, 0.3) is 0 Å². The predicted octanol–water partition coefficient (Wildman–Crippen LogP) is 3.40. The van der Waals surface area contributed by atoms with Crippen molar-refractivity contribution in [3.8, 4) is 0 Å². The minimum Gasteiger partial charge on any atom is -0.373 e. The van der Waals surface area contributed by atoms with Crippen molar-refractivity contribution in [2.75, 3.05) is 20.1 Å². The molecule has 0 radical (unpaired) electrons. The van der Waals surface area contributed by atoms with E-state index in [1.165, 1.54) is 11.1 Å². The van der Waals surface area contributed by atoms with Crippen LogP contribution in [0.25, 0.3) is 11.6 Å². The summed E-state index contributed by atoms with van der Waals surface area (Å²) in [7, 11) is 2.12. The lowest BCUT2D eigenvalue weighted by molar-refractivity contribution is 0.354. The van der Waals surface area contributed by atoms with Crippen molar-refractivity contribution in [3.05, 3.63) is 69.8 Å². The van der Waals surface area contributed by atoms with E-state index in [9.17, 15) is 4.39 Å². The summed E-state index contributed by atoms with van der Waals surface area (Å²) in [5.41, 5.74) is 11.8. The van der Waals surface area contributed by atoms with E-state index in [-0.39, 0.29) is 11.9 Å². The number of hydrogen-bond acceptors (Lipinski definition) is 4. The monoisotopic (exact) mass is 362 g/mol. The summed E-state index contributed by atoms with van der Waals surface area (Å²) in [6, 6.07) is 3.52. The van der Waals surface area contributed by atoms with Crippen LogP contribution in [0, 0.1) is 5.82 Å². The molecule has 3 aliphatic heterocycles. The average Bonchev–Trinajstić information content (AvgIpc) is 3.01. The summed E-state index contributed by atoms with van der Waals surface area (Å²) in [6.07, 6.45) is 10.3. The van der Waals surface area contributed by atoms with E-state index in [1.807, 2.05) is 12.2 Å². The maximum absolute atomic E-state index is 14.4. The van der Waals surface area contributed by atoms with E-state index < -0.39 is 0 Å². The van der Waals surface area contributed by atoms with E-state index in [0.717, 1.165) is 59.6 Å². The minimum atomic E-state index is -0.209. The van der Waals surface area contributed by atoms with Crippen molar-refractivity contribution in [2.24, 2.45) is 5.10 Å². The Morgan fingerprint density at radius 2 is 2.19 bits per heavy atom. The molecule has 5 heteroatoms. The summed E-state index contributed by atoms with van der Waals surface area (Å²) < 4.78 is 14.4.